The second-order valence-electron chi connectivity index (χ2n) is 26.4. The highest BCUT2D eigenvalue weighted by molar-refractivity contribution is 6.03. The number of aliphatic hydroxyl groups is 3. The van der Waals surface area contributed by atoms with Crippen molar-refractivity contribution < 1.29 is 61.9 Å². The van der Waals surface area contributed by atoms with Crippen LogP contribution in [0.4, 0.5) is 30.6 Å². The number of hydrogen-bond acceptors (Lipinski definition) is 22. The molecule has 534 valence electrons. The maximum Gasteiger partial charge on any atom is 0.256 e. The van der Waals surface area contributed by atoms with Crippen molar-refractivity contribution in [2.24, 2.45) is 0 Å². The molecule has 1 spiro atoms. The van der Waals surface area contributed by atoms with Crippen LogP contribution in [-0.2, 0) is 38.6 Å². The topological polar surface area (TPSA) is 369 Å². The summed E-state index contributed by atoms with van der Waals surface area (Å²) in [5.41, 5.74) is 3.66. The van der Waals surface area contributed by atoms with Crippen LogP contribution in [0.3, 0.4) is 0 Å². The van der Waals surface area contributed by atoms with Gasteiger partial charge in [0.1, 0.15) is 23.6 Å². The van der Waals surface area contributed by atoms with Gasteiger partial charge in [-0.3, -0.25) is 19.2 Å². The first kappa shape index (κ1) is 68.8. The zero-order chi connectivity index (χ0) is 73.0. The highest BCUT2D eigenvalue weighted by Gasteiger charge is 2.47. The molecular weight excluding hydrogens is 1360 g/mol. The van der Waals surface area contributed by atoms with Crippen LogP contribution < -0.4 is 30.7 Å². The molecule has 32 heteroatoms. The lowest BCUT2D eigenvalue weighted by atomic mass is 10.0. The Morgan fingerprint density at radius 2 is 0.971 bits per heavy atom. The molecule has 5 saturated heterocycles. The highest BCUT2D eigenvalue weighted by atomic mass is 19.1. The van der Waals surface area contributed by atoms with Gasteiger partial charge in [0.2, 0.25) is 0 Å². The third-order valence-corrected chi connectivity index (χ3v) is 19.9. The third kappa shape index (κ3) is 13.0. The van der Waals surface area contributed by atoms with Crippen LogP contribution >= 0.6 is 0 Å². The second-order valence-corrected chi connectivity index (χ2v) is 26.4. The molecule has 3 aromatic carbocycles. The number of nitrogens with one attached hydrogen (secondary N) is 3. The maximum atomic E-state index is 14.8. The largest absolute Gasteiger partial charge is 0.389 e. The van der Waals surface area contributed by atoms with Crippen LogP contribution in [0, 0.1) is 51.4 Å². The van der Waals surface area contributed by atoms with Crippen LogP contribution in [0.25, 0.3) is 50.8 Å². The molecule has 4 amide bonds. The summed E-state index contributed by atoms with van der Waals surface area (Å²) in [5.74, 6) is -1.79. The van der Waals surface area contributed by atoms with E-state index in [4.69, 9.17) is 14.2 Å². The Morgan fingerprint density at radius 1 is 0.562 bits per heavy atom. The molecule has 0 saturated carbocycles. The van der Waals surface area contributed by atoms with E-state index in [1.807, 2.05) is 39.0 Å². The van der Waals surface area contributed by atoms with E-state index in [9.17, 15) is 63.5 Å². The SMILES string of the molecule is CO[C@@H]1CCN(c2ccn(-c3cc(-c4c(F)cccc4C#N)nc4c3C(=O)NC4)n2)C[C@H]1O.N#Cc1cccc(F)c1-c1cc(-n2ccc(N3CCC(O)(C(=O)N4CCCC4)C3)n2)c2c(n1)CNC2=O.N#Cc1cccc(F)c1-c1cc(-n2ccc(N3CCC4(C3)OCC(O)CO4)n2)c2c(n1)CNC2=O. The number of halogens is 3. The summed E-state index contributed by atoms with van der Waals surface area (Å²) in [5, 5.41) is 81.7. The minimum Gasteiger partial charge on any atom is -0.389 e. The van der Waals surface area contributed by atoms with Crippen molar-refractivity contribution in [2.75, 3.05) is 87.4 Å². The number of pyridine rings is 3. The molecule has 6 N–H and O–H groups in total. The minimum absolute atomic E-state index is 0.0609. The summed E-state index contributed by atoms with van der Waals surface area (Å²) in [7, 11) is 1.58. The van der Waals surface area contributed by atoms with Gasteiger partial charge in [-0.15, -0.1) is 0 Å². The highest BCUT2D eigenvalue weighted by Crippen LogP contribution is 2.39. The average Bonchev–Trinajstić information content (AvgIpc) is 1.56. The number of anilines is 3. The fourth-order valence-corrected chi connectivity index (χ4v) is 14.6. The van der Waals surface area contributed by atoms with Gasteiger partial charge in [-0.05, 0) is 73.9 Å². The Morgan fingerprint density at radius 3 is 1.38 bits per heavy atom. The van der Waals surface area contributed by atoms with Gasteiger partial charge >= 0.3 is 0 Å². The minimum atomic E-state index is -1.46. The number of rotatable bonds is 11. The maximum absolute atomic E-state index is 14.8. The Kier molecular flexibility index (Phi) is 18.3. The quantitative estimate of drug-likeness (QED) is 0.0988. The molecular formula is C73H66F3N19O10. The second kappa shape index (κ2) is 28.0. The number of β-amino-alcohol motifs (C(OH)–C–C–N with tert-alkyl or cyclic N) is 2. The number of carbonyl (C=O) groups excluding carboxylic acids is 4. The number of piperidine rings is 1. The molecule has 3 atom stereocenters. The summed E-state index contributed by atoms with van der Waals surface area (Å²) in [6, 6.07) is 28.9. The van der Waals surface area contributed by atoms with Gasteiger partial charge in [0.15, 0.2) is 28.8 Å². The molecule has 1 unspecified atom stereocenters. The van der Waals surface area contributed by atoms with Gasteiger partial charge in [-0.25, -0.2) is 42.2 Å². The lowest BCUT2D eigenvalue weighted by molar-refractivity contribution is -0.280. The predicted octanol–water partition coefficient (Wildman–Crippen LogP) is 5.03. The number of hydrogen-bond donors (Lipinski definition) is 6. The number of aliphatic hydroxyl groups excluding tert-OH is 2. The Labute approximate surface area is 596 Å². The first-order valence-corrected chi connectivity index (χ1v) is 34.0. The van der Waals surface area contributed by atoms with Gasteiger partial charge < -0.3 is 65.1 Å². The monoisotopic (exact) mass is 1430 g/mol. The van der Waals surface area contributed by atoms with Gasteiger partial charge in [-0.2, -0.15) is 31.1 Å². The normalized spacial score (nSPS) is 21.3. The Balaban J connectivity index is 0.000000127. The molecule has 14 heterocycles. The number of aromatic nitrogens is 9. The molecule has 8 aliphatic rings. The van der Waals surface area contributed by atoms with Gasteiger partial charge in [0.05, 0.1) is 178 Å². The van der Waals surface area contributed by atoms with Crippen molar-refractivity contribution in [3.05, 3.63) is 178 Å². The summed E-state index contributed by atoms with van der Waals surface area (Å²) in [6.07, 6.45) is 7.12. The number of likely N-dealkylation sites (tertiary alicyclic amines) is 1. The Hall–Kier alpha value is -12.0. The van der Waals surface area contributed by atoms with Crippen LogP contribution in [0.15, 0.2) is 110 Å². The smallest absolute Gasteiger partial charge is 0.256 e. The van der Waals surface area contributed by atoms with Gasteiger partial charge in [-0.1, -0.05) is 18.2 Å². The van der Waals surface area contributed by atoms with Crippen molar-refractivity contribution in [1.82, 2.24) is 65.1 Å². The van der Waals surface area contributed by atoms with E-state index in [1.165, 1.54) is 59.3 Å². The van der Waals surface area contributed by atoms with Crippen molar-refractivity contribution in [2.45, 2.75) is 81.4 Å². The number of methoxy groups -OCH3 is 1. The zero-order valence-corrected chi connectivity index (χ0v) is 56.3. The first-order valence-electron chi connectivity index (χ1n) is 34.0. The Bertz CT molecular complexity index is 5130. The molecule has 5 fully saturated rings. The molecule has 105 heavy (non-hydrogen) atoms. The van der Waals surface area contributed by atoms with Gasteiger partial charge in [0, 0.05) is 96.0 Å². The lowest BCUT2D eigenvalue weighted by Crippen LogP contribution is -2.49. The van der Waals surface area contributed by atoms with Crippen LogP contribution in [-0.4, -0.2) is 191 Å². The summed E-state index contributed by atoms with van der Waals surface area (Å²) in [6.45, 7) is 5.09. The van der Waals surface area contributed by atoms with E-state index in [2.05, 4.69) is 46.2 Å². The zero-order valence-electron chi connectivity index (χ0n) is 56.3. The lowest BCUT2D eigenvalue weighted by Gasteiger charge is -2.35. The number of fused-ring (bicyclic) bond motifs is 3. The average molecular weight is 1430 g/mol. The number of amides is 4. The molecule has 0 aliphatic carbocycles. The summed E-state index contributed by atoms with van der Waals surface area (Å²) in [4.78, 5) is 71.7. The molecule has 0 bridgehead atoms. The van der Waals surface area contributed by atoms with E-state index in [-0.39, 0.29) is 120 Å². The van der Waals surface area contributed by atoms with Crippen LogP contribution in [0.2, 0.25) is 0 Å². The van der Waals surface area contributed by atoms with Crippen molar-refractivity contribution >= 4 is 41.1 Å². The number of nitriles is 3. The van der Waals surface area contributed by atoms with Crippen LogP contribution in [0.1, 0.15) is 97.0 Å². The number of ether oxygens (including phenoxy) is 3. The van der Waals surface area contributed by atoms with Crippen molar-refractivity contribution in [1.29, 1.82) is 15.8 Å². The summed E-state index contributed by atoms with van der Waals surface area (Å²) >= 11 is 0. The molecule has 6 aromatic heterocycles. The standard InChI is InChI=1S/C26H24FN7O3.C24H21FN6O4.C23H21FN6O3/c27-17-5-3-4-16(13-28)22(17)18-12-20(23-19(30-18)14-29-24(23)35)34-10-6-21(31-34)33-11-7-26(37,15-33)25(36)32-8-1-2-9-32;25-16-3-1-2-14(9-26)21(16)17-8-19(22-18(28-17)10-27-23(22)33)31-6-4-20(29-31)30-7-5-24(13-30)34-11-15(32)12-35-24;1-33-19-5-7-29(12-18(19)31)20-6-8-30(28-20)17-9-15(27-16-11-26-23(32)22(16)17)21-13(10-25)3-2-4-14(21)24/h3-6,10,12,37H,1-2,7-9,11,14-15H2,(H,29,35);1-4,6,8,15,32H,5,7,10-13H2,(H,27,33);2-4,6,8-9,18-19,31H,5,7,11-12H2,1H3,(H,26,32)/t;;18-,19-/m..1/s1. The van der Waals surface area contributed by atoms with Crippen molar-refractivity contribution in [3.63, 3.8) is 0 Å². The van der Waals surface area contributed by atoms with E-state index < -0.39 is 41.0 Å². The fraction of sp³-hybridized carbons (Fsp3) is 0.329. The van der Waals surface area contributed by atoms with Gasteiger partial charge in [0.25, 0.3) is 23.6 Å². The van der Waals surface area contributed by atoms with Crippen LogP contribution in [0.5, 0.6) is 0 Å². The van der Waals surface area contributed by atoms with E-state index in [0.29, 0.717) is 133 Å². The molecule has 0 radical (unpaired) electrons. The summed E-state index contributed by atoms with van der Waals surface area (Å²) < 4.78 is 65.7. The van der Waals surface area contributed by atoms with Crippen molar-refractivity contribution in [3.8, 4) is 69.0 Å². The molecule has 17 rings (SSSR count). The molecule has 29 nitrogen and oxygen atoms in total. The van der Waals surface area contributed by atoms with E-state index in [0.717, 1.165) is 12.8 Å². The third-order valence-electron chi connectivity index (χ3n) is 19.9. The number of carbonyl (C=O) groups is 4. The number of nitrogens with zero attached hydrogens (tertiary/aromatic N) is 16. The van der Waals surface area contributed by atoms with E-state index >= 15 is 0 Å². The fourth-order valence-electron chi connectivity index (χ4n) is 14.6. The number of benzene rings is 3. The predicted molar refractivity (Wildman–Crippen MR) is 367 cm³/mol. The molecule has 8 aliphatic heterocycles. The molecule has 9 aromatic rings. The first-order chi connectivity index (χ1) is 50.8. The van der Waals surface area contributed by atoms with E-state index in [1.54, 1.807) is 70.3 Å².